The summed E-state index contributed by atoms with van der Waals surface area (Å²) in [6.07, 6.45) is 3.09. The maximum atomic E-state index is 11.9. The van der Waals surface area contributed by atoms with Gasteiger partial charge in [0.05, 0.1) is 18.6 Å². The molecule has 0 fully saturated rings. The third kappa shape index (κ3) is 4.16. The molecule has 102 valence electrons. The number of imidazole rings is 1. The zero-order valence-corrected chi connectivity index (χ0v) is 11.2. The molecule has 2 rings (SSSR count). The molecule has 0 amide bonds. The van der Waals surface area contributed by atoms with Crippen LogP contribution in [0.4, 0.5) is 0 Å². The Morgan fingerprint density at radius 1 is 1.21 bits per heavy atom. The fraction of sp³-hybridized carbons (Fsp3) is 0.250. The van der Waals surface area contributed by atoms with E-state index < -0.39 is 10.0 Å². The number of nitrogens with two attached hydrogens (primary N) is 1. The summed E-state index contributed by atoms with van der Waals surface area (Å²) in [6.45, 7) is 0.661. The fourth-order valence-electron chi connectivity index (χ4n) is 1.61. The van der Waals surface area contributed by atoms with Gasteiger partial charge >= 0.3 is 0 Å². The molecule has 0 saturated carbocycles. The zero-order chi connectivity index (χ0) is 13.7. The Bertz CT molecular complexity index is 606. The van der Waals surface area contributed by atoms with Gasteiger partial charge in [-0.05, 0) is 11.1 Å². The van der Waals surface area contributed by atoms with E-state index in [1.807, 2.05) is 12.1 Å². The van der Waals surface area contributed by atoms with Gasteiger partial charge < -0.3 is 10.7 Å². The number of aromatic amines is 1. The summed E-state index contributed by atoms with van der Waals surface area (Å²) in [7, 11) is -3.36. The maximum Gasteiger partial charge on any atom is 0.216 e. The van der Waals surface area contributed by atoms with E-state index in [9.17, 15) is 8.42 Å². The average Bonchev–Trinajstić information content (AvgIpc) is 2.90. The van der Waals surface area contributed by atoms with Crippen LogP contribution < -0.4 is 10.5 Å². The highest BCUT2D eigenvalue weighted by molar-refractivity contribution is 7.88. The van der Waals surface area contributed by atoms with Crippen molar-refractivity contribution in [3.05, 3.63) is 53.6 Å². The Balaban J connectivity index is 1.96. The Morgan fingerprint density at radius 3 is 2.47 bits per heavy atom. The lowest BCUT2D eigenvalue weighted by atomic mass is 10.1. The van der Waals surface area contributed by atoms with Gasteiger partial charge in [0, 0.05) is 18.4 Å². The number of hydrogen-bond acceptors (Lipinski definition) is 4. The van der Waals surface area contributed by atoms with Crippen LogP contribution in [0.2, 0.25) is 0 Å². The highest BCUT2D eigenvalue weighted by atomic mass is 32.2. The first-order chi connectivity index (χ1) is 9.09. The summed E-state index contributed by atoms with van der Waals surface area (Å²) in [5.41, 5.74) is 7.92. The third-order valence-corrected chi connectivity index (χ3v) is 3.95. The van der Waals surface area contributed by atoms with E-state index in [1.165, 1.54) is 6.33 Å². The number of nitrogens with zero attached hydrogens (tertiary/aromatic N) is 1. The van der Waals surface area contributed by atoms with Crippen molar-refractivity contribution in [2.75, 3.05) is 0 Å². The minimum Gasteiger partial charge on any atom is -0.347 e. The van der Waals surface area contributed by atoms with E-state index in [4.69, 9.17) is 5.73 Å². The SMILES string of the molecule is NCc1ccc(CS(=O)(=O)NCc2cnc[nH]2)cc1. The van der Waals surface area contributed by atoms with Gasteiger partial charge in [0.15, 0.2) is 0 Å². The highest BCUT2D eigenvalue weighted by Gasteiger charge is 2.11. The number of sulfonamides is 1. The van der Waals surface area contributed by atoms with Crippen molar-refractivity contribution in [1.82, 2.24) is 14.7 Å². The Kier molecular flexibility index (Phi) is 4.31. The van der Waals surface area contributed by atoms with Crippen molar-refractivity contribution in [2.45, 2.75) is 18.8 Å². The molecule has 0 unspecified atom stereocenters. The van der Waals surface area contributed by atoms with Crippen molar-refractivity contribution in [2.24, 2.45) is 5.73 Å². The molecule has 0 aliphatic carbocycles. The lowest BCUT2D eigenvalue weighted by Gasteiger charge is -2.06. The summed E-state index contributed by atoms with van der Waals surface area (Å²) in [6, 6.07) is 7.22. The molecule has 1 aromatic heterocycles. The van der Waals surface area contributed by atoms with E-state index >= 15 is 0 Å². The van der Waals surface area contributed by atoms with Crippen molar-refractivity contribution >= 4 is 10.0 Å². The van der Waals surface area contributed by atoms with Gasteiger partial charge in [0.2, 0.25) is 10.0 Å². The van der Waals surface area contributed by atoms with E-state index in [-0.39, 0.29) is 12.3 Å². The molecule has 0 radical (unpaired) electrons. The van der Waals surface area contributed by atoms with Crippen LogP contribution in [0.5, 0.6) is 0 Å². The predicted octanol–water partition coefficient (Wildman–Crippen LogP) is 0.488. The number of nitrogens with one attached hydrogen (secondary N) is 2. The largest absolute Gasteiger partial charge is 0.347 e. The monoisotopic (exact) mass is 280 g/mol. The molecule has 2 aromatic rings. The van der Waals surface area contributed by atoms with Crippen LogP contribution in [0, 0.1) is 0 Å². The summed E-state index contributed by atoms with van der Waals surface area (Å²) < 4.78 is 26.3. The second kappa shape index (κ2) is 5.96. The van der Waals surface area contributed by atoms with Crippen LogP contribution in [0.3, 0.4) is 0 Å². The zero-order valence-electron chi connectivity index (χ0n) is 10.3. The summed E-state index contributed by atoms with van der Waals surface area (Å²) in [4.78, 5) is 6.66. The Hall–Kier alpha value is -1.70. The summed E-state index contributed by atoms with van der Waals surface area (Å²) >= 11 is 0. The molecule has 0 saturated heterocycles. The lowest BCUT2D eigenvalue weighted by molar-refractivity contribution is 0.579. The number of rotatable bonds is 6. The number of hydrogen-bond donors (Lipinski definition) is 3. The standard InChI is InChI=1S/C12H16N4O2S/c13-5-10-1-3-11(4-2-10)8-19(17,18)16-7-12-6-14-9-15-12/h1-4,6,9,16H,5,7-8,13H2,(H,14,15). The van der Waals surface area contributed by atoms with Crippen LogP contribution in [0.25, 0.3) is 0 Å². The second-order valence-electron chi connectivity index (χ2n) is 4.18. The third-order valence-electron chi connectivity index (χ3n) is 2.65. The molecular weight excluding hydrogens is 264 g/mol. The van der Waals surface area contributed by atoms with Gasteiger partial charge in [-0.2, -0.15) is 0 Å². The summed E-state index contributed by atoms with van der Waals surface area (Å²) in [5, 5.41) is 0. The molecule has 0 spiro atoms. The van der Waals surface area contributed by atoms with Gasteiger partial charge in [-0.3, -0.25) is 0 Å². The number of aromatic nitrogens is 2. The maximum absolute atomic E-state index is 11.9. The molecule has 4 N–H and O–H groups in total. The molecule has 0 bridgehead atoms. The van der Waals surface area contributed by atoms with E-state index in [1.54, 1.807) is 18.3 Å². The molecule has 1 heterocycles. The minimum atomic E-state index is -3.36. The molecule has 0 atom stereocenters. The van der Waals surface area contributed by atoms with Crippen LogP contribution in [-0.2, 0) is 28.9 Å². The average molecular weight is 280 g/mol. The number of H-pyrrole nitrogens is 1. The molecule has 19 heavy (non-hydrogen) atoms. The van der Waals surface area contributed by atoms with Gasteiger partial charge in [0.25, 0.3) is 0 Å². The molecule has 0 aliphatic rings. The molecule has 7 heteroatoms. The van der Waals surface area contributed by atoms with Crippen LogP contribution in [-0.4, -0.2) is 18.4 Å². The first-order valence-electron chi connectivity index (χ1n) is 5.81. The first-order valence-corrected chi connectivity index (χ1v) is 7.47. The Morgan fingerprint density at radius 2 is 1.89 bits per heavy atom. The molecule has 1 aromatic carbocycles. The summed E-state index contributed by atoms with van der Waals surface area (Å²) in [5.74, 6) is -0.0496. The lowest BCUT2D eigenvalue weighted by Crippen LogP contribution is -2.24. The quantitative estimate of drug-likeness (QED) is 0.716. The smallest absolute Gasteiger partial charge is 0.216 e. The van der Waals surface area contributed by atoms with E-state index in [0.717, 1.165) is 16.8 Å². The van der Waals surface area contributed by atoms with Gasteiger partial charge in [-0.15, -0.1) is 0 Å². The molecule has 6 nitrogen and oxygen atoms in total. The van der Waals surface area contributed by atoms with Gasteiger partial charge in [0.1, 0.15) is 0 Å². The number of benzene rings is 1. The van der Waals surface area contributed by atoms with Crippen molar-refractivity contribution in [3.8, 4) is 0 Å². The van der Waals surface area contributed by atoms with Crippen molar-refractivity contribution < 1.29 is 8.42 Å². The van der Waals surface area contributed by atoms with Crippen LogP contribution in [0.15, 0.2) is 36.8 Å². The van der Waals surface area contributed by atoms with Crippen molar-refractivity contribution in [1.29, 1.82) is 0 Å². The Labute approximate surface area is 112 Å². The van der Waals surface area contributed by atoms with E-state index in [2.05, 4.69) is 14.7 Å². The highest BCUT2D eigenvalue weighted by Crippen LogP contribution is 2.07. The molecule has 0 aliphatic heterocycles. The minimum absolute atomic E-state index is 0.0496. The van der Waals surface area contributed by atoms with Crippen LogP contribution in [0.1, 0.15) is 16.8 Å². The topological polar surface area (TPSA) is 101 Å². The first kappa shape index (κ1) is 13.7. The van der Waals surface area contributed by atoms with Gasteiger partial charge in [-0.25, -0.2) is 18.1 Å². The normalized spacial score (nSPS) is 11.6. The molecular formula is C12H16N4O2S. The van der Waals surface area contributed by atoms with Gasteiger partial charge in [-0.1, -0.05) is 24.3 Å². The van der Waals surface area contributed by atoms with Crippen LogP contribution >= 0.6 is 0 Å². The van der Waals surface area contributed by atoms with Crippen molar-refractivity contribution in [3.63, 3.8) is 0 Å². The van der Waals surface area contributed by atoms with E-state index in [0.29, 0.717) is 6.54 Å². The second-order valence-corrected chi connectivity index (χ2v) is 5.98. The fourth-order valence-corrected chi connectivity index (χ4v) is 2.72. The predicted molar refractivity (Wildman–Crippen MR) is 72.4 cm³/mol.